The molecule has 0 spiro atoms. The molecule has 2 aromatic rings. The van der Waals surface area contributed by atoms with Gasteiger partial charge in [0.2, 0.25) is 0 Å². The fraction of sp³-hybridized carbons (Fsp3) is 0.312. The lowest BCUT2D eigenvalue weighted by atomic mass is 10.1. The molecule has 1 aromatic heterocycles. The van der Waals surface area contributed by atoms with Gasteiger partial charge in [-0.15, -0.1) is 0 Å². The molecule has 5 heteroatoms. The van der Waals surface area contributed by atoms with Gasteiger partial charge >= 0.3 is 5.97 Å². The normalized spacial score (nSPS) is 11.0. The average molecular weight is 289 g/mol. The molecule has 21 heavy (non-hydrogen) atoms. The number of hydrogen-bond donors (Lipinski definition) is 2. The number of nitrogens with zero attached hydrogens (tertiary/aromatic N) is 1. The van der Waals surface area contributed by atoms with Crippen LogP contribution < -0.4 is 0 Å². The second kappa shape index (κ2) is 7.06. The third-order valence-corrected chi connectivity index (χ3v) is 3.20. The number of aliphatic hydroxyl groups is 1. The number of hydrogen-bond acceptors (Lipinski definition) is 4. The van der Waals surface area contributed by atoms with Gasteiger partial charge in [-0.3, -0.25) is 4.90 Å². The van der Waals surface area contributed by atoms with Crippen LogP contribution in [0, 0.1) is 6.92 Å². The van der Waals surface area contributed by atoms with E-state index >= 15 is 0 Å². The van der Waals surface area contributed by atoms with Crippen LogP contribution in [0.15, 0.2) is 40.8 Å². The molecule has 1 heterocycles. The Morgan fingerprint density at radius 3 is 2.38 bits per heavy atom. The molecule has 0 saturated carbocycles. The largest absolute Gasteiger partial charge is 0.478 e. The van der Waals surface area contributed by atoms with Crippen LogP contribution in [0.2, 0.25) is 0 Å². The van der Waals surface area contributed by atoms with Crippen molar-refractivity contribution in [1.29, 1.82) is 0 Å². The van der Waals surface area contributed by atoms with Gasteiger partial charge in [0, 0.05) is 13.1 Å². The lowest BCUT2D eigenvalue weighted by molar-refractivity contribution is 0.0697. The van der Waals surface area contributed by atoms with Gasteiger partial charge in [-0.1, -0.05) is 12.1 Å². The Labute approximate surface area is 123 Å². The smallest absolute Gasteiger partial charge is 0.335 e. The van der Waals surface area contributed by atoms with Crippen molar-refractivity contribution in [2.45, 2.75) is 20.0 Å². The van der Waals surface area contributed by atoms with Gasteiger partial charge in [-0.2, -0.15) is 0 Å². The third kappa shape index (κ3) is 4.44. The van der Waals surface area contributed by atoms with E-state index in [0.29, 0.717) is 19.6 Å². The minimum atomic E-state index is -0.931. The average Bonchev–Trinajstić information content (AvgIpc) is 2.85. The van der Waals surface area contributed by atoms with Crippen LogP contribution in [-0.4, -0.2) is 34.2 Å². The van der Waals surface area contributed by atoms with E-state index in [0.717, 1.165) is 17.1 Å². The monoisotopic (exact) mass is 289 g/mol. The number of aliphatic hydroxyl groups excluding tert-OH is 1. The zero-order valence-electron chi connectivity index (χ0n) is 12.0. The Bertz CT molecular complexity index is 589. The molecule has 0 unspecified atom stereocenters. The molecule has 0 amide bonds. The van der Waals surface area contributed by atoms with E-state index in [1.54, 1.807) is 24.3 Å². The van der Waals surface area contributed by atoms with Crippen molar-refractivity contribution >= 4 is 5.97 Å². The summed E-state index contributed by atoms with van der Waals surface area (Å²) in [6.45, 7) is 3.72. The summed E-state index contributed by atoms with van der Waals surface area (Å²) in [5.41, 5.74) is 1.27. The van der Waals surface area contributed by atoms with Crippen LogP contribution in [0.1, 0.15) is 27.4 Å². The standard InChI is InChI=1S/C16H19NO4/c1-12-2-7-15(21-12)11-17(8-9-18)10-13-3-5-14(6-4-13)16(19)20/h2-7,18H,8-11H2,1H3,(H,19,20). The summed E-state index contributed by atoms with van der Waals surface area (Å²) in [5, 5.41) is 18.0. The highest BCUT2D eigenvalue weighted by molar-refractivity contribution is 5.87. The maximum atomic E-state index is 10.8. The summed E-state index contributed by atoms with van der Waals surface area (Å²) in [4.78, 5) is 12.9. The predicted molar refractivity (Wildman–Crippen MR) is 78.0 cm³/mol. The van der Waals surface area contributed by atoms with Crippen LogP contribution in [0.25, 0.3) is 0 Å². The number of carboxylic acid groups (broad SMARTS) is 1. The molecule has 1 aromatic carbocycles. The van der Waals surface area contributed by atoms with Gasteiger partial charge in [0.1, 0.15) is 11.5 Å². The molecule has 0 radical (unpaired) electrons. The van der Waals surface area contributed by atoms with Crippen molar-refractivity contribution in [3.8, 4) is 0 Å². The van der Waals surface area contributed by atoms with Crippen LogP contribution in [0.4, 0.5) is 0 Å². The van der Waals surface area contributed by atoms with E-state index in [-0.39, 0.29) is 12.2 Å². The lowest BCUT2D eigenvalue weighted by Gasteiger charge is -2.20. The van der Waals surface area contributed by atoms with Gasteiger partial charge in [0.05, 0.1) is 18.7 Å². The molecule has 0 aliphatic rings. The summed E-state index contributed by atoms with van der Waals surface area (Å²) in [6, 6.07) is 10.6. The lowest BCUT2D eigenvalue weighted by Crippen LogP contribution is -2.25. The Balaban J connectivity index is 2.03. The van der Waals surface area contributed by atoms with Crippen molar-refractivity contribution in [3.05, 3.63) is 59.0 Å². The van der Waals surface area contributed by atoms with Crippen molar-refractivity contribution in [1.82, 2.24) is 4.90 Å². The fourth-order valence-corrected chi connectivity index (χ4v) is 2.16. The zero-order chi connectivity index (χ0) is 15.2. The highest BCUT2D eigenvalue weighted by atomic mass is 16.4. The van der Waals surface area contributed by atoms with Gasteiger partial charge in [0.15, 0.2) is 0 Å². The number of carboxylic acids is 1. The molecule has 2 rings (SSSR count). The quantitative estimate of drug-likeness (QED) is 0.818. The summed E-state index contributed by atoms with van der Waals surface area (Å²) in [5.74, 6) is 0.780. The first-order chi connectivity index (χ1) is 10.1. The highest BCUT2D eigenvalue weighted by Gasteiger charge is 2.10. The Morgan fingerprint density at radius 1 is 1.14 bits per heavy atom. The van der Waals surface area contributed by atoms with Crippen molar-refractivity contribution in [2.24, 2.45) is 0 Å². The van der Waals surface area contributed by atoms with Crippen LogP contribution in [-0.2, 0) is 13.1 Å². The van der Waals surface area contributed by atoms with E-state index in [1.165, 1.54) is 0 Å². The maximum Gasteiger partial charge on any atom is 0.335 e. The van der Waals surface area contributed by atoms with Crippen molar-refractivity contribution in [3.63, 3.8) is 0 Å². The van der Waals surface area contributed by atoms with E-state index in [1.807, 2.05) is 24.0 Å². The Hall–Kier alpha value is -2.11. The van der Waals surface area contributed by atoms with Crippen molar-refractivity contribution < 1.29 is 19.4 Å². The molecular weight excluding hydrogens is 270 g/mol. The fourth-order valence-electron chi connectivity index (χ4n) is 2.16. The molecule has 0 fully saturated rings. The van der Waals surface area contributed by atoms with Crippen LogP contribution in [0.3, 0.4) is 0 Å². The first-order valence-corrected chi connectivity index (χ1v) is 6.79. The summed E-state index contributed by atoms with van der Waals surface area (Å²) in [6.07, 6.45) is 0. The molecule has 0 aliphatic heterocycles. The second-order valence-corrected chi connectivity index (χ2v) is 4.95. The molecule has 0 saturated heterocycles. The Morgan fingerprint density at radius 2 is 1.86 bits per heavy atom. The first-order valence-electron chi connectivity index (χ1n) is 6.79. The predicted octanol–water partition coefficient (Wildman–Crippen LogP) is 2.28. The minimum Gasteiger partial charge on any atom is -0.478 e. The van der Waals surface area contributed by atoms with Crippen molar-refractivity contribution in [2.75, 3.05) is 13.2 Å². The number of aromatic carboxylic acids is 1. The highest BCUT2D eigenvalue weighted by Crippen LogP contribution is 2.13. The SMILES string of the molecule is Cc1ccc(CN(CCO)Cc2ccc(C(=O)O)cc2)o1. The number of rotatable bonds is 7. The molecule has 0 atom stereocenters. The van der Waals surface area contributed by atoms with E-state index in [9.17, 15) is 4.79 Å². The molecule has 0 bridgehead atoms. The van der Waals surface area contributed by atoms with Gasteiger partial charge in [-0.25, -0.2) is 4.79 Å². The second-order valence-electron chi connectivity index (χ2n) is 4.95. The minimum absolute atomic E-state index is 0.0624. The van der Waals surface area contributed by atoms with E-state index in [2.05, 4.69) is 0 Å². The van der Waals surface area contributed by atoms with Gasteiger partial charge in [0.25, 0.3) is 0 Å². The number of benzene rings is 1. The van der Waals surface area contributed by atoms with E-state index in [4.69, 9.17) is 14.6 Å². The molecule has 2 N–H and O–H groups in total. The zero-order valence-corrected chi connectivity index (χ0v) is 12.0. The molecule has 5 nitrogen and oxygen atoms in total. The van der Waals surface area contributed by atoms with Crippen LogP contribution in [0.5, 0.6) is 0 Å². The van der Waals surface area contributed by atoms with E-state index < -0.39 is 5.97 Å². The Kier molecular flexibility index (Phi) is 5.14. The maximum absolute atomic E-state index is 10.8. The van der Waals surface area contributed by atoms with Gasteiger partial charge < -0.3 is 14.6 Å². The number of aryl methyl sites for hydroxylation is 1. The third-order valence-electron chi connectivity index (χ3n) is 3.20. The molecular formula is C16H19NO4. The number of carbonyl (C=O) groups is 1. The topological polar surface area (TPSA) is 73.9 Å². The molecule has 112 valence electrons. The molecule has 0 aliphatic carbocycles. The summed E-state index contributed by atoms with van der Waals surface area (Å²) < 4.78 is 5.55. The van der Waals surface area contributed by atoms with Gasteiger partial charge in [-0.05, 0) is 36.8 Å². The summed E-state index contributed by atoms with van der Waals surface area (Å²) in [7, 11) is 0. The summed E-state index contributed by atoms with van der Waals surface area (Å²) >= 11 is 0. The number of furan rings is 1. The first kappa shape index (κ1) is 15.3. The van der Waals surface area contributed by atoms with Crippen LogP contribution >= 0.6 is 0 Å².